The van der Waals surface area contributed by atoms with Crippen molar-refractivity contribution in [3.05, 3.63) is 0 Å². The SMILES string of the molecule is CC[N+]1(C)CCSCC1. The van der Waals surface area contributed by atoms with Crippen LogP contribution in [0.4, 0.5) is 0 Å². The van der Waals surface area contributed by atoms with E-state index in [1.165, 1.54) is 35.6 Å². The summed E-state index contributed by atoms with van der Waals surface area (Å²) < 4.78 is 1.30. The van der Waals surface area contributed by atoms with E-state index in [1.54, 1.807) is 0 Å². The van der Waals surface area contributed by atoms with E-state index >= 15 is 0 Å². The van der Waals surface area contributed by atoms with Gasteiger partial charge in [-0.25, -0.2) is 0 Å². The molecule has 54 valence electrons. The van der Waals surface area contributed by atoms with Crippen molar-refractivity contribution in [3.8, 4) is 0 Å². The van der Waals surface area contributed by atoms with Crippen LogP contribution in [-0.2, 0) is 0 Å². The van der Waals surface area contributed by atoms with E-state index in [2.05, 4.69) is 25.7 Å². The van der Waals surface area contributed by atoms with Gasteiger partial charge in [-0.1, -0.05) is 0 Å². The van der Waals surface area contributed by atoms with Crippen LogP contribution in [0.25, 0.3) is 0 Å². The summed E-state index contributed by atoms with van der Waals surface area (Å²) >= 11 is 2.10. The molecule has 0 N–H and O–H groups in total. The molecule has 1 fully saturated rings. The number of nitrogens with zero attached hydrogens (tertiary/aromatic N) is 1. The molecule has 2 heteroatoms. The normalized spacial score (nSPS) is 26.0. The summed E-state index contributed by atoms with van der Waals surface area (Å²) in [4.78, 5) is 0. The van der Waals surface area contributed by atoms with Crippen molar-refractivity contribution in [2.75, 3.05) is 38.2 Å². The molecule has 1 rings (SSSR count). The standard InChI is InChI=1S/C7H16NS/c1-3-8(2)4-6-9-7-5-8/h3-7H2,1-2H3/q+1. The average molecular weight is 146 g/mol. The van der Waals surface area contributed by atoms with Gasteiger partial charge in [0.1, 0.15) is 0 Å². The molecule has 0 aliphatic carbocycles. The van der Waals surface area contributed by atoms with E-state index < -0.39 is 0 Å². The first-order valence-corrected chi connectivity index (χ1v) is 4.84. The van der Waals surface area contributed by atoms with Crippen LogP contribution in [0.5, 0.6) is 0 Å². The van der Waals surface area contributed by atoms with E-state index in [0.717, 1.165) is 0 Å². The van der Waals surface area contributed by atoms with Crippen molar-refractivity contribution < 1.29 is 4.48 Å². The number of rotatable bonds is 1. The lowest BCUT2D eigenvalue weighted by Gasteiger charge is -2.36. The Morgan fingerprint density at radius 1 is 1.33 bits per heavy atom. The largest absolute Gasteiger partial charge is 0.325 e. The summed E-state index contributed by atoms with van der Waals surface area (Å²) in [5, 5.41) is 0. The van der Waals surface area contributed by atoms with E-state index in [-0.39, 0.29) is 0 Å². The third-order valence-corrected chi connectivity index (χ3v) is 3.26. The van der Waals surface area contributed by atoms with Crippen molar-refractivity contribution >= 4 is 11.8 Å². The van der Waals surface area contributed by atoms with Gasteiger partial charge >= 0.3 is 0 Å². The Kier molecular flexibility index (Phi) is 2.42. The molecule has 0 aromatic carbocycles. The molecular weight excluding hydrogens is 130 g/mol. The highest BCUT2D eigenvalue weighted by Crippen LogP contribution is 2.14. The Labute approximate surface area is 62.0 Å². The zero-order valence-electron chi connectivity index (χ0n) is 6.39. The van der Waals surface area contributed by atoms with Gasteiger partial charge in [0.15, 0.2) is 0 Å². The monoisotopic (exact) mass is 146 g/mol. The van der Waals surface area contributed by atoms with Gasteiger partial charge in [0.2, 0.25) is 0 Å². The van der Waals surface area contributed by atoms with Crippen LogP contribution in [0.1, 0.15) is 6.92 Å². The molecular formula is C7H16NS+. The Hall–Kier alpha value is 0.310. The molecule has 1 nitrogen and oxygen atoms in total. The number of quaternary nitrogens is 1. The molecule has 0 bridgehead atoms. The fraction of sp³-hybridized carbons (Fsp3) is 1.00. The predicted octanol–water partition coefficient (Wildman–Crippen LogP) is 1.20. The lowest BCUT2D eigenvalue weighted by molar-refractivity contribution is -0.904. The van der Waals surface area contributed by atoms with Crippen LogP contribution in [0.3, 0.4) is 0 Å². The van der Waals surface area contributed by atoms with E-state index in [1.807, 2.05) is 0 Å². The van der Waals surface area contributed by atoms with E-state index in [4.69, 9.17) is 0 Å². The minimum absolute atomic E-state index is 1.30. The predicted molar refractivity (Wildman–Crippen MR) is 43.8 cm³/mol. The maximum absolute atomic E-state index is 2.36. The number of hydrogen-bond acceptors (Lipinski definition) is 1. The maximum Gasteiger partial charge on any atom is 0.0876 e. The fourth-order valence-corrected chi connectivity index (χ4v) is 2.44. The molecule has 0 aromatic rings. The van der Waals surface area contributed by atoms with Gasteiger partial charge in [-0.05, 0) is 6.92 Å². The molecule has 1 aliphatic rings. The van der Waals surface area contributed by atoms with Crippen molar-refractivity contribution in [2.45, 2.75) is 6.92 Å². The second-order valence-corrected chi connectivity index (χ2v) is 4.22. The summed E-state index contributed by atoms with van der Waals surface area (Å²) in [7, 11) is 2.36. The highest BCUT2D eigenvalue weighted by Gasteiger charge is 2.21. The first-order valence-electron chi connectivity index (χ1n) is 3.68. The maximum atomic E-state index is 2.36. The molecule has 1 heterocycles. The first kappa shape index (κ1) is 7.42. The molecule has 9 heavy (non-hydrogen) atoms. The molecule has 1 aliphatic heterocycles. The molecule has 0 aromatic heterocycles. The molecule has 0 unspecified atom stereocenters. The minimum Gasteiger partial charge on any atom is -0.325 e. The van der Waals surface area contributed by atoms with Crippen LogP contribution >= 0.6 is 11.8 Å². The zero-order valence-corrected chi connectivity index (χ0v) is 7.21. The lowest BCUT2D eigenvalue weighted by atomic mass is 10.4. The highest BCUT2D eigenvalue weighted by atomic mass is 32.2. The van der Waals surface area contributed by atoms with Crippen LogP contribution in [0, 0.1) is 0 Å². The Bertz CT molecular complexity index is 86.9. The summed E-state index contributed by atoms with van der Waals surface area (Å²) in [5.74, 6) is 2.73. The Morgan fingerprint density at radius 3 is 2.22 bits per heavy atom. The molecule has 0 radical (unpaired) electrons. The topological polar surface area (TPSA) is 0 Å². The van der Waals surface area contributed by atoms with Crippen LogP contribution in [0.15, 0.2) is 0 Å². The van der Waals surface area contributed by atoms with E-state index in [9.17, 15) is 0 Å². The van der Waals surface area contributed by atoms with E-state index in [0.29, 0.717) is 0 Å². The highest BCUT2D eigenvalue weighted by molar-refractivity contribution is 7.99. The minimum atomic E-state index is 1.30. The number of thioether (sulfide) groups is 1. The van der Waals surface area contributed by atoms with Gasteiger partial charge in [-0.15, -0.1) is 0 Å². The summed E-state index contributed by atoms with van der Waals surface area (Å²) in [6, 6.07) is 0. The molecule has 1 saturated heterocycles. The van der Waals surface area contributed by atoms with Crippen molar-refractivity contribution in [3.63, 3.8) is 0 Å². The van der Waals surface area contributed by atoms with Gasteiger partial charge in [-0.2, -0.15) is 11.8 Å². The van der Waals surface area contributed by atoms with Crippen LogP contribution in [-0.4, -0.2) is 42.7 Å². The quantitative estimate of drug-likeness (QED) is 0.501. The average Bonchev–Trinajstić information content (AvgIpc) is 1.90. The molecule has 0 atom stereocenters. The van der Waals surface area contributed by atoms with Crippen LogP contribution < -0.4 is 0 Å². The fourth-order valence-electron chi connectivity index (χ4n) is 1.10. The third kappa shape index (κ3) is 1.87. The molecule has 0 saturated carbocycles. The molecule has 0 spiro atoms. The van der Waals surface area contributed by atoms with Gasteiger partial charge < -0.3 is 4.48 Å². The smallest absolute Gasteiger partial charge is 0.0876 e. The lowest BCUT2D eigenvalue weighted by Crippen LogP contribution is -2.49. The number of hydrogen-bond donors (Lipinski definition) is 0. The van der Waals surface area contributed by atoms with Gasteiger partial charge in [-0.3, -0.25) is 0 Å². The summed E-state index contributed by atoms with van der Waals surface area (Å²) in [6.07, 6.45) is 0. The van der Waals surface area contributed by atoms with Gasteiger partial charge in [0.05, 0.1) is 26.7 Å². The summed E-state index contributed by atoms with van der Waals surface area (Å²) in [6.45, 7) is 6.35. The Morgan fingerprint density at radius 2 is 1.89 bits per heavy atom. The van der Waals surface area contributed by atoms with Crippen LogP contribution in [0.2, 0.25) is 0 Å². The second kappa shape index (κ2) is 2.93. The third-order valence-electron chi connectivity index (χ3n) is 2.31. The molecule has 0 amide bonds. The van der Waals surface area contributed by atoms with Crippen molar-refractivity contribution in [1.82, 2.24) is 0 Å². The van der Waals surface area contributed by atoms with Gasteiger partial charge in [0.25, 0.3) is 0 Å². The van der Waals surface area contributed by atoms with Crippen molar-refractivity contribution in [1.29, 1.82) is 0 Å². The Balaban J connectivity index is 2.37. The first-order chi connectivity index (χ1) is 4.27. The zero-order chi connectivity index (χ0) is 6.74. The van der Waals surface area contributed by atoms with Crippen molar-refractivity contribution in [2.24, 2.45) is 0 Å². The van der Waals surface area contributed by atoms with Gasteiger partial charge in [0, 0.05) is 11.5 Å². The summed E-state index contributed by atoms with van der Waals surface area (Å²) in [5.41, 5.74) is 0. The second-order valence-electron chi connectivity index (χ2n) is 3.00.